The lowest BCUT2D eigenvalue weighted by molar-refractivity contribution is 0.359. The van der Waals surface area contributed by atoms with E-state index in [1.165, 1.54) is 0 Å². The molecule has 0 radical (unpaired) electrons. The Kier molecular flexibility index (Phi) is 4.56. The lowest BCUT2D eigenvalue weighted by Gasteiger charge is -1.87. The van der Waals surface area contributed by atoms with Crippen LogP contribution in [-0.2, 0) is 4.43 Å². The molecular weight excluding hydrogens is 94.1 g/mol. The van der Waals surface area contributed by atoms with Crippen molar-refractivity contribution in [2.75, 3.05) is 13.2 Å². The molecule has 0 unspecified atom stereocenters. The van der Waals surface area contributed by atoms with Gasteiger partial charge in [-0.15, -0.1) is 6.00 Å². The molecule has 0 fully saturated rings. The van der Waals surface area contributed by atoms with E-state index in [9.17, 15) is 0 Å². The van der Waals surface area contributed by atoms with Crippen molar-refractivity contribution in [2.24, 2.45) is 5.73 Å². The first-order chi connectivity index (χ1) is 2.91. The first-order valence-corrected chi connectivity index (χ1v) is 2.68. The van der Waals surface area contributed by atoms with E-state index in [0.29, 0.717) is 13.2 Å². The Balaban J connectivity index is 2.54. The summed E-state index contributed by atoms with van der Waals surface area (Å²) in [4.78, 5) is 0. The summed E-state index contributed by atoms with van der Waals surface area (Å²) in [6, 6.07) is 4.96. The molecule has 0 aliphatic heterocycles. The zero-order valence-electron chi connectivity index (χ0n) is 3.48. The van der Waals surface area contributed by atoms with Crippen LogP contribution in [0.4, 0.5) is 0 Å². The van der Waals surface area contributed by atoms with Crippen LogP contribution in [0.15, 0.2) is 0 Å². The fraction of sp³-hybridized carbons (Fsp3) is 0.667. The van der Waals surface area contributed by atoms with Crippen LogP contribution in [-0.4, -0.2) is 22.4 Å². The Morgan fingerprint density at radius 3 is 2.67 bits per heavy atom. The molecule has 0 aliphatic rings. The molecule has 34 valence electrons. The van der Waals surface area contributed by atoms with Crippen molar-refractivity contribution in [2.45, 2.75) is 0 Å². The average Bonchev–Trinajstić information content (AvgIpc) is 1.61. The maximum atomic E-state index is 5.04. The quantitative estimate of drug-likeness (QED) is 0.364. The Morgan fingerprint density at radius 1 is 1.83 bits per heavy atom. The summed E-state index contributed by atoms with van der Waals surface area (Å²) in [5.74, 6) is 0. The minimum Gasteiger partial charge on any atom is -0.504 e. The second kappa shape index (κ2) is 4.76. The van der Waals surface area contributed by atoms with Gasteiger partial charge in [0.15, 0.2) is 0 Å². The minimum absolute atomic E-state index is 0.0846. The summed E-state index contributed by atoms with van der Waals surface area (Å²) in [6.07, 6.45) is 0. The minimum atomic E-state index is 0.0846. The summed E-state index contributed by atoms with van der Waals surface area (Å²) in [5.41, 5.74) is 5.04. The van der Waals surface area contributed by atoms with Crippen molar-refractivity contribution in [3.8, 4) is 6.00 Å². The van der Waals surface area contributed by atoms with Gasteiger partial charge in [-0.1, -0.05) is 0 Å². The monoisotopic (exact) mass is 101 g/mol. The van der Waals surface area contributed by atoms with Gasteiger partial charge in [0.1, 0.15) is 0 Å². The molecular formula is C3H7NOSi. The SMILES string of the molecule is C#[Si]OCCN. The van der Waals surface area contributed by atoms with E-state index in [-0.39, 0.29) is 9.20 Å². The molecule has 0 heterocycles. The predicted molar refractivity (Wildman–Crippen MR) is 25.7 cm³/mol. The van der Waals surface area contributed by atoms with E-state index >= 15 is 0 Å². The van der Waals surface area contributed by atoms with Gasteiger partial charge < -0.3 is 10.2 Å². The lowest BCUT2D eigenvalue weighted by Crippen LogP contribution is -2.06. The van der Waals surface area contributed by atoms with Crippen LogP contribution < -0.4 is 5.73 Å². The predicted octanol–water partition coefficient (Wildman–Crippen LogP) is -0.830. The Bertz CT molecular complexity index is 58.3. The van der Waals surface area contributed by atoms with Gasteiger partial charge in [0.2, 0.25) is 9.20 Å². The van der Waals surface area contributed by atoms with Crippen LogP contribution in [0.5, 0.6) is 0 Å². The molecule has 2 N–H and O–H groups in total. The van der Waals surface area contributed by atoms with Crippen LogP contribution in [0.2, 0.25) is 0 Å². The summed E-state index contributed by atoms with van der Waals surface area (Å²) in [6.45, 7) is 1.14. The van der Waals surface area contributed by atoms with E-state index in [2.05, 4.69) is 4.43 Å². The van der Waals surface area contributed by atoms with Crippen molar-refractivity contribution in [3.63, 3.8) is 0 Å². The van der Waals surface area contributed by atoms with Gasteiger partial charge in [0, 0.05) is 6.54 Å². The maximum absolute atomic E-state index is 5.04. The van der Waals surface area contributed by atoms with Gasteiger partial charge in [-0.2, -0.15) is 0 Å². The molecule has 0 saturated carbocycles. The fourth-order valence-corrected chi connectivity index (χ4v) is 0.354. The molecule has 0 aliphatic carbocycles. The standard InChI is InChI=1S/C3H7NOSi/c1-6-5-3-2-4/h1H,2-4H2. The van der Waals surface area contributed by atoms with Crippen molar-refractivity contribution in [1.29, 1.82) is 0 Å². The second-order valence-electron chi connectivity index (χ2n) is 0.755. The van der Waals surface area contributed by atoms with Gasteiger partial charge in [-0.25, -0.2) is 0 Å². The number of hydrogen-bond acceptors (Lipinski definition) is 2. The van der Waals surface area contributed by atoms with Gasteiger partial charge >= 0.3 is 0 Å². The number of rotatable bonds is 2. The molecule has 2 nitrogen and oxygen atoms in total. The molecule has 0 bridgehead atoms. The maximum Gasteiger partial charge on any atom is 0.239 e. The second-order valence-corrected chi connectivity index (χ2v) is 1.28. The van der Waals surface area contributed by atoms with Gasteiger partial charge in [0.25, 0.3) is 0 Å². The zero-order valence-corrected chi connectivity index (χ0v) is 4.48. The van der Waals surface area contributed by atoms with Crippen molar-refractivity contribution < 1.29 is 4.43 Å². The van der Waals surface area contributed by atoms with E-state index in [4.69, 9.17) is 11.7 Å². The van der Waals surface area contributed by atoms with E-state index in [0.717, 1.165) is 0 Å². The van der Waals surface area contributed by atoms with Crippen molar-refractivity contribution >= 4 is 9.20 Å². The van der Waals surface area contributed by atoms with Gasteiger partial charge in [0.05, 0.1) is 6.61 Å². The zero-order chi connectivity index (χ0) is 4.83. The average molecular weight is 101 g/mol. The fourth-order valence-electron chi connectivity index (χ4n) is 0.118. The summed E-state index contributed by atoms with van der Waals surface area (Å²) in [5, 5.41) is 0. The molecule has 0 amide bonds. The first kappa shape index (κ1) is 5.76. The molecule has 0 aromatic rings. The van der Waals surface area contributed by atoms with E-state index < -0.39 is 0 Å². The largest absolute Gasteiger partial charge is 0.504 e. The third-order valence-corrected chi connectivity index (χ3v) is 0.674. The normalized spacial score (nSPS) is 6.67. The van der Waals surface area contributed by atoms with Crippen LogP contribution in [0.1, 0.15) is 0 Å². The number of hydrogen-bond donors (Lipinski definition) is 1. The molecule has 0 aromatic heterocycles. The summed E-state index contributed by atoms with van der Waals surface area (Å²) < 4.78 is 4.66. The van der Waals surface area contributed by atoms with Crippen molar-refractivity contribution in [1.82, 2.24) is 0 Å². The molecule has 0 saturated heterocycles. The lowest BCUT2D eigenvalue weighted by atomic mass is 10.8. The van der Waals surface area contributed by atoms with Crippen LogP contribution >= 0.6 is 0 Å². The van der Waals surface area contributed by atoms with Crippen LogP contribution in [0, 0.1) is 6.00 Å². The summed E-state index contributed by atoms with van der Waals surface area (Å²) >= 11 is 0. The first-order valence-electron chi connectivity index (χ1n) is 1.69. The molecule has 0 rings (SSSR count). The Hall–Kier alpha value is -0.243. The molecule has 0 aromatic carbocycles. The molecule has 0 spiro atoms. The highest BCUT2D eigenvalue weighted by Crippen LogP contribution is 1.53. The highest BCUT2D eigenvalue weighted by atomic mass is 28.2. The molecule has 3 heteroatoms. The Morgan fingerprint density at radius 2 is 2.50 bits per heavy atom. The third-order valence-electron chi connectivity index (χ3n) is 0.303. The van der Waals surface area contributed by atoms with Gasteiger partial charge in [-0.3, -0.25) is 0 Å². The molecule has 6 heavy (non-hydrogen) atoms. The van der Waals surface area contributed by atoms with Crippen molar-refractivity contribution in [3.05, 3.63) is 0 Å². The van der Waals surface area contributed by atoms with Gasteiger partial charge in [-0.05, 0) is 0 Å². The smallest absolute Gasteiger partial charge is 0.239 e. The highest BCUT2D eigenvalue weighted by molar-refractivity contribution is 6.12. The Labute approximate surface area is 39.5 Å². The summed E-state index contributed by atoms with van der Waals surface area (Å²) in [7, 11) is 0.0846. The van der Waals surface area contributed by atoms with E-state index in [1.807, 2.05) is 0 Å². The topological polar surface area (TPSA) is 35.2 Å². The van der Waals surface area contributed by atoms with E-state index in [1.54, 1.807) is 0 Å². The highest BCUT2D eigenvalue weighted by Gasteiger charge is 1.68. The molecule has 0 atom stereocenters. The number of nitrogens with two attached hydrogens (primary N) is 1. The van der Waals surface area contributed by atoms with Crippen LogP contribution in [0.25, 0.3) is 0 Å². The van der Waals surface area contributed by atoms with Crippen LogP contribution in [0.3, 0.4) is 0 Å². The third kappa shape index (κ3) is 3.76.